The van der Waals surface area contributed by atoms with Gasteiger partial charge in [0.15, 0.2) is 0 Å². The van der Waals surface area contributed by atoms with E-state index in [0.717, 1.165) is 17.3 Å². The molecule has 0 amide bonds. The number of nitriles is 1. The van der Waals surface area contributed by atoms with Crippen molar-refractivity contribution in [3.05, 3.63) is 52.6 Å². The lowest BCUT2D eigenvalue weighted by atomic mass is 9.99. The predicted molar refractivity (Wildman–Crippen MR) is 100 cm³/mol. The second-order valence-corrected chi connectivity index (χ2v) is 8.96. The third kappa shape index (κ3) is 4.41. The SMILES string of the molecule is N#Cc1ccnc(OCC2CCN(S(=O)(=O)c3ccc(Br)cc3)CC2)c1. The molecular formula is C18H18BrN3O3S. The van der Waals surface area contributed by atoms with Gasteiger partial charge in [0.1, 0.15) is 0 Å². The summed E-state index contributed by atoms with van der Waals surface area (Å²) in [5.74, 6) is 0.688. The molecule has 26 heavy (non-hydrogen) atoms. The Morgan fingerprint density at radius 1 is 1.23 bits per heavy atom. The zero-order chi connectivity index (χ0) is 18.6. The van der Waals surface area contributed by atoms with Gasteiger partial charge in [-0.15, -0.1) is 0 Å². The van der Waals surface area contributed by atoms with Crippen LogP contribution in [0.4, 0.5) is 0 Å². The van der Waals surface area contributed by atoms with E-state index in [4.69, 9.17) is 10.00 Å². The predicted octanol–water partition coefficient (Wildman–Crippen LogP) is 3.20. The molecule has 0 unspecified atom stereocenters. The normalized spacial score (nSPS) is 16.2. The van der Waals surface area contributed by atoms with Crippen LogP contribution in [-0.2, 0) is 10.0 Å². The van der Waals surface area contributed by atoms with Crippen LogP contribution in [0.25, 0.3) is 0 Å². The van der Waals surface area contributed by atoms with Crippen molar-refractivity contribution in [3.8, 4) is 11.9 Å². The van der Waals surface area contributed by atoms with Gasteiger partial charge in [-0.05, 0) is 49.1 Å². The molecule has 0 bridgehead atoms. The van der Waals surface area contributed by atoms with Gasteiger partial charge in [0.2, 0.25) is 15.9 Å². The number of nitrogens with zero attached hydrogens (tertiary/aromatic N) is 3. The first-order valence-corrected chi connectivity index (χ1v) is 10.5. The van der Waals surface area contributed by atoms with Gasteiger partial charge in [0, 0.05) is 29.8 Å². The van der Waals surface area contributed by atoms with Crippen molar-refractivity contribution in [2.45, 2.75) is 17.7 Å². The summed E-state index contributed by atoms with van der Waals surface area (Å²) in [6.07, 6.45) is 3.00. The van der Waals surface area contributed by atoms with Crippen LogP contribution in [0.2, 0.25) is 0 Å². The molecule has 1 aliphatic heterocycles. The van der Waals surface area contributed by atoms with E-state index in [1.807, 2.05) is 0 Å². The van der Waals surface area contributed by atoms with Crippen molar-refractivity contribution in [2.24, 2.45) is 5.92 Å². The summed E-state index contributed by atoms with van der Waals surface area (Å²) in [5, 5.41) is 8.90. The number of hydrogen-bond donors (Lipinski definition) is 0. The monoisotopic (exact) mass is 435 g/mol. The topological polar surface area (TPSA) is 83.3 Å². The van der Waals surface area contributed by atoms with Gasteiger partial charge in [-0.3, -0.25) is 0 Å². The van der Waals surface area contributed by atoms with E-state index in [1.54, 1.807) is 42.6 Å². The third-order valence-corrected chi connectivity index (χ3v) is 6.80. The Labute approximate surface area is 161 Å². The van der Waals surface area contributed by atoms with Crippen LogP contribution in [0.15, 0.2) is 52.0 Å². The minimum absolute atomic E-state index is 0.263. The van der Waals surface area contributed by atoms with E-state index in [1.165, 1.54) is 4.31 Å². The Hall–Kier alpha value is -1.95. The van der Waals surface area contributed by atoms with Crippen LogP contribution in [0, 0.1) is 17.2 Å². The van der Waals surface area contributed by atoms with Crippen LogP contribution < -0.4 is 4.74 Å². The summed E-state index contributed by atoms with van der Waals surface area (Å²) >= 11 is 3.32. The van der Waals surface area contributed by atoms with E-state index in [0.29, 0.717) is 36.0 Å². The number of halogens is 1. The molecule has 0 atom stereocenters. The summed E-state index contributed by atoms with van der Waals surface area (Å²) in [4.78, 5) is 4.40. The fraction of sp³-hybridized carbons (Fsp3) is 0.333. The van der Waals surface area contributed by atoms with Gasteiger partial charge < -0.3 is 4.74 Å². The molecule has 1 fully saturated rings. The zero-order valence-corrected chi connectivity index (χ0v) is 16.4. The first-order chi connectivity index (χ1) is 12.5. The van der Waals surface area contributed by atoms with Crippen molar-refractivity contribution in [2.75, 3.05) is 19.7 Å². The van der Waals surface area contributed by atoms with Crippen LogP contribution in [0.1, 0.15) is 18.4 Å². The largest absolute Gasteiger partial charge is 0.477 e. The highest BCUT2D eigenvalue weighted by molar-refractivity contribution is 9.10. The Balaban J connectivity index is 1.55. The lowest BCUT2D eigenvalue weighted by Gasteiger charge is -2.31. The molecule has 1 aromatic heterocycles. The van der Waals surface area contributed by atoms with Crippen molar-refractivity contribution in [1.82, 2.24) is 9.29 Å². The smallest absolute Gasteiger partial charge is 0.243 e. The summed E-state index contributed by atoms with van der Waals surface area (Å²) in [5.41, 5.74) is 0.505. The summed E-state index contributed by atoms with van der Waals surface area (Å²) < 4.78 is 33.4. The zero-order valence-electron chi connectivity index (χ0n) is 14.0. The molecule has 3 rings (SSSR count). The van der Waals surface area contributed by atoms with Gasteiger partial charge in [-0.2, -0.15) is 9.57 Å². The van der Waals surface area contributed by atoms with Crippen molar-refractivity contribution < 1.29 is 13.2 Å². The van der Waals surface area contributed by atoms with Crippen LogP contribution >= 0.6 is 15.9 Å². The Morgan fingerprint density at radius 3 is 2.58 bits per heavy atom. The lowest BCUT2D eigenvalue weighted by Crippen LogP contribution is -2.39. The second-order valence-electron chi connectivity index (χ2n) is 6.11. The van der Waals surface area contributed by atoms with Gasteiger partial charge in [0.05, 0.1) is 23.1 Å². The number of sulfonamides is 1. The number of pyridine rings is 1. The molecule has 0 N–H and O–H groups in total. The molecule has 0 radical (unpaired) electrons. The maximum Gasteiger partial charge on any atom is 0.243 e. The fourth-order valence-corrected chi connectivity index (χ4v) is 4.57. The van der Waals surface area contributed by atoms with Gasteiger partial charge >= 0.3 is 0 Å². The van der Waals surface area contributed by atoms with Crippen LogP contribution in [0.3, 0.4) is 0 Å². The molecule has 2 aromatic rings. The molecule has 1 aromatic carbocycles. The number of rotatable bonds is 5. The first kappa shape index (κ1) is 18.8. The second kappa shape index (κ2) is 8.16. The molecule has 1 saturated heterocycles. The van der Waals surface area contributed by atoms with Gasteiger partial charge in [-0.25, -0.2) is 13.4 Å². The summed E-state index contributed by atoms with van der Waals surface area (Å²) in [6, 6.07) is 12.0. The van der Waals surface area contributed by atoms with E-state index >= 15 is 0 Å². The maximum atomic E-state index is 12.7. The quantitative estimate of drug-likeness (QED) is 0.719. The molecule has 0 spiro atoms. The number of piperidine rings is 1. The molecule has 8 heteroatoms. The average molecular weight is 436 g/mol. The average Bonchev–Trinajstić information content (AvgIpc) is 2.67. The van der Waals surface area contributed by atoms with E-state index in [-0.39, 0.29) is 5.92 Å². The molecule has 0 aliphatic carbocycles. The molecule has 1 aliphatic rings. The Kier molecular flexibility index (Phi) is 5.91. The highest BCUT2D eigenvalue weighted by Gasteiger charge is 2.29. The minimum atomic E-state index is -3.46. The van der Waals surface area contributed by atoms with Crippen molar-refractivity contribution in [1.29, 1.82) is 5.26 Å². The molecule has 136 valence electrons. The molecule has 6 nitrogen and oxygen atoms in total. The number of ether oxygens (including phenoxy) is 1. The Bertz CT molecular complexity index is 902. The first-order valence-electron chi connectivity index (χ1n) is 8.24. The number of aromatic nitrogens is 1. The minimum Gasteiger partial charge on any atom is -0.477 e. The maximum absolute atomic E-state index is 12.7. The van der Waals surface area contributed by atoms with Crippen LogP contribution in [-0.4, -0.2) is 37.4 Å². The molecule has 2 heterocycles. The lowest BCUT2D eigenvalue weighted by molar-refractivity contribution is 0.181. The highest BCUT2D eigenvalue weighted by atomic mass is 79.9. The third-order valence-electron chi connectivity index (χ3n) is 4.36. The Morgan fingerprint density at radius 2 is 1.92 bits per heavy atom. The summed E-state index contributed by atoms with van der Waals surface area (Å²) in [6.45, 7) is 1.41. The highest BCUT2D eigenvalue weighted by Crippen LogP contribution is 2.25. The molecular weight excluding hydrogens is 418 g/mol. The number of benzene rings is 1. The van der Waals surface area contributed by atoms with Crippen molar-refractivity contribution in [3.63, 3.8) is 0 Å². The van der Waals surface area contributed by atoms with E-state index in [9.17, 15) is 8.42 Å². The van der Waals surface area contributed by atoms with Crippen molar-refractivity contribution >= 4 is 26.0 Å². The van der Waals surface area contributed by atoms with E-state index in [2.05, 4.69) is 27.0 Å². The van der Waals surface area contributed by atoms with Gasteiger partial charge in [-0.1, -0.05) is 15.9 Å². The molecule has 0 saturated carbocycles. The fourth-order valence-electron chi connectivity index (χ4n) is 2.83. The van der Waals surface area contributed by atoms with Gasteiger partial charge in [0.25, 0.3) is 0 Å². The number of hydrogen-bond acceptors (Lipinski definition) is 5. The summed E-state index contributed by atoms with van der Waals surface area (Å²) in [7, 11) is -3.46. The van der Waals surface area contributed by atoms with Crippen LogP contribution in [0.5, 0.6) is 5.88 Å². The standard InChI is InChI=1S/C18H18BrN3O3S/c19-16-1-3-17(4-2-16)26(23,24)22-9-6-14(7-10-22)13-25-18-11-15(12-20)5-8-21-18/h1-5,8,11,14H,6-7,9-10,13H2. The van der Waals surface area contributed by atoms with E-state index < -0.39 is 10.0 Å².